The Morgan fingerprint density at radius 3 is 2.52 bits per heavy atom. The molecule has 0 fully saturated rings. The molecule has 0 saturated carbocycles. The van der Waals surface area contributed by atoms with Gasteiger partial charge >= 0.3 is 0 Å². The van der Waals surface area contributed by atoms with Crippen LogP contribution in [0.5, 0.6) is 5.75 Å². The van der Waals surface area contributed by atoms with Gasteiger partial charge in [0, 0.05) is 11.8 Å². The number of benzene rings is 1. The number of nitrogens with zero attached hydrogens (tertiary/aromatic N) is 1. The van der Waals surface area contributed by atoms with E-state index < -0.39 is 0 Å². The van der Waals surface area contributed by atoms with Crippen LogP contribution in [0.4, 0.5) is 0 Å². The first-order valence-electron chi connectivity index (χ1n) is 6.40. The molecule has 2 aromatic rings. The third-order valence-electron chi connectivity index (χ3n) is 3.28. The molecule has 1 aromatic carbocycles. The van der Waals surface area contributed by atoms with Crippen LogP contribution in [0.25, 0.3) is 0 Å². The number of aryl methyl sites for hydroxylation is 2. The lowest BCUT2D eigenvalue weighted by Crippen LogP contribution is -2.30. The van der Waals surface area contributed by atoms with Crippen molar-refractivity contribution in [1.82, 2.24) is 10.4 Å². The lowest BCUT2D eigenvalue weighted by molar-refractivity contribution is 0.402. The molecular formula is C15H17Cl2N3O. The fourth-order valence-electron chi connectivity index (χ4n) is 2.42. The highest BCUT2D eigenvalue weighted by atomic mass is 35.5. The minimum atomic E-state index is -0.384. The summed E-state index contributed by atoms with van der Waals surface area (Å²) in [6.07, 6.45) is 1.54. The number of aromatic nitrogens is 1. The molecule has 0 aliphatic rings. The van der Waals surface area contributed by atoms with Gasteiger partial charge in [0.25, 0.3) is 0 Å². The summed E-state index contributed by atoms with van der Waals surface area (Å²) in [6.45, 7) is 4.01. The molecule has 0 aliphatic carbocycles. The molecule has 112 valence electrons. The molecule has 3 N–H and O–H groups in total. The molecular weight excluding hydrogens is 309 g/mol. The highest BCUT2D eigenvalue weighted by Gasteiger charge is 2.23. The van der Waals surface area contributed by atoms with Gasteiger partial charge in [-0.25, -0.2) is 5.43 Å². The summed E-state index contributed by atoms with van der Waals surface area (Å²) >= 11 is 12.1. The second kappa shape index (κ2) is 6.62. The number of hydrogen-bond donors (Lipinski definition) is 2. The van der Waals surface area contributed by atoms with E-state index in [4.69, 9.17) is 33.8 Å². The van der Waals surface area contributed by atoms with Gasteiger partial charge < -0.3 is 4.74 Å². The Labute approximate surface area is 134 Å². The molecule has 0 radical (unpaired) electrons. The second-order valence-corrected chi connectivity index (χ2v) is 5.66. The highest BCUT2D eigenvalue weighted by molar-refractivity contribution is 6.34. The molecule has 1 unspecified atom stereocenters. The smallest absolute Gasteiger partial charge is 0.124 e. The third-order valence-corrected chi connectivity index (χ3v) is 3.79. The Balaban J connectivity index is 2.61. The van der Waals surface area contributed by atoms with E-state index in [2.05, 4.69) is 16.5 Å². The van der Waals surface area contributed by atoms with Crippen LogP contribution >= 0.6 is 23.2 Å². The summed E-state index contributed by atoms with van der Waals surface area (Å²) in [5.74, 6) is 6.48. The minimum absolute atomic E-state index is 0.384. The largest absolute Gasteiger partial charge is 0.496 e. The number of pyridine rings is 1. The van der Waals surface area contributed by atoms with Crippen molar-refractivity contribution in [3.8, 4) is 5.75 Å². The SMILES string of the molecule is COc1cc(C)cc(C)c1C(NN)c1ncc(Cl)cc1Cl. The molecule has 2 rings (SSSR count). The van der Waals surface area contributed by atoms with E-state index in [1.165, 1.54) is 0 Å². The van der Waals surface area contributed by atoms with E-state index in [-0.39, 0.29) is 6.04 Å². The zero-order valence-electron chi connectivity index (χ0n) is 12.1. The van der Waals surface area contributed by atoms with Crippen LogP contribution in [-0.4, -0.2) is 12.1 Å². The first-order chi connectivity index (χ1) is 9.97. The first kappa shape index (κ1) is 16.0. The number of nitrogens with two attached hydrogens (primary N) is 1. The maximum absolute atomic E-state index is 6.25. The van der Waals surface area contributed by atoms with Crippen LogP contribution in [0.15, 0.2) is 24.4 Å². The van der Waals surface area contributed by atoms with E-state index >= 15 is 0 Å². The molecule has 1 aromatic heterocycles. The van der Waals surface area contributed by atoms with Gasteiger partial charge in [0.1, 0.15) is 5.75 Å². The van der Waals surface area contributed by atoms with E-state index in [0.29, 0.717) is 15.7 Å². The lowest BCUT2D eigenvalue weighted by Gasteiger charge is -2.22. The van der Waals surface area contributed by atoms with E-state index in [0.717, 1.165) is 22.4 Å². The van der Waals surface area contributed by atoms with Gasteiger partial charge in [0.15, 0.2) is 0 Å². The topological polar surface area (TPSA) is 60.2 Å². The Bertz CT molecular complexity index is 662. The van der Waals surface area contributed by atoms with E-state index in [1.807, 2.05) is 19.9 Å². The predicted molar refractivity (Wildman–Crippen MR) is 85.9 cm³/mol. The number of halogens is 2. The van der Waals surface area contributed by atoms with Crippen LogP contribution in [0.3, 0.4) is 0 Å². The van der Waals surface area contributed by atoms with E-state index in [1.54, 1.807) is 19.4 Å². The monoisotopic (exact) mass is 325 g/mol. The van der Waals surface area contributed by atoms with Gasteiger partial charge in [-0.1, -0.05) is 29.3 Å². The van der Waals surface area contributed by atoms with Crippen molar-refractivity contribution in [2.75, 3.05) is 7.11 Å². The number of nitrogens with one attached hydrogen (secondary N) is 1. The van der Waals surface area contributed by atoms with Crippen LogP contribution < -0.4 is 16.0 Å². The number of rotatable bonds is 4. The summed E-state index contributed by atoms with van der Waals surface area (Å²) in [5, 5.41) is 0.930. The highest BCUT2D eigenvalue weighted by Crippen LogP contribution is 2.35. The zero-order valence-corrected chi connectivity index (χ0v) is 13.6. The fourth-order valence-corrected chi connectivity index (χ4v) is 2.90. The number of ether oxygens (including phenoxy) is 1. The summed E-state index contributed by atoms with van der Waals surface area (Å²) in [5.41, 5.74) is 6.42. The Morgan fingerprint density at radius 2 is 1.95 bits per heavy atom. The average molecular weight is 326 g/mol. The van der Waals surface area contributed by atoms with Gasteiger partial charge in [0.2, 0.25) is 0 Å². The summed E-state index contributed by atoms with van der Waals surface area (Å²) in [7, 11) is 1.63. The van der Waals surface area contributed by atoms with Crippen molar-refractivity contribution in [3.63, 3.8) is 0 Å². The normalized spacial score (nSPS) is 12.3. The quantitative estimate of drug-likeness (QED) is 0.666. The summed E-state index contributed by atoms with van der Waals surface area (Å²) < 4.78 is 5.48. The van der Waals surface area contributed by atoms with Crippen molar-refractivity contribution in [2.24, 2.45) is 5.84 Å². The van der Waals surface area contributed by atoms with Gasteiger partial charge in [-0.2, -0.15) is 0 Å². The summed E-state index contributed by atoms with van der Waals surface area (Å²) in [6, 6.07) is 5.28. The fraction of sp³-hybridized carbons (Fsp3) is 0.267. The van der Waals surface area contributed by atoms with Crippen LogP contribution in [0.1, 0.15) is 28.4 Å². The Kier molecular flexibility index (Phi) is 5.06. The van der Waals surface area contributed by atoms with Gasteiger partial charge in [-0.05, 0) is 37.1 Å². The molecule has 0 spiro atoms. The summed E-state index contributed by atoms with van der Waals surface area (Å²) in [4.78, 5) is 4.30. The number of methoxy groups -OCH3 is 1. The van der Waals surface area contributed by atoms with Crippen molar-refractivity contribution in [2.45, 2.75) is 19.9 Å². The second-order valence-electron chi connectivity index (χ2n) is 4.82. The zero-order chi connectivity index (χ0) is 15.6. The molecule has 6 heteroatoms. The van der Waals surface area contributed by atoms with E-state index in [9.17, 15) is 0 Å². The molecule has 0 bridgehead atoms. The third kappa shape index (κ3) is 3.30. The van der Waals surface area contributed by atoms with Crippen LogP contribution in [-0.2, 0) is 0 Å². The Hall–Kier alpha value is -1.33. The molecule has 0 amide bonds. The van der Waals surface area contributed by atoms with Crippen molar-refractivity contribution in [3.05, 3.63) is 56.8 Å². The Morgan fingerprint density at radius 1 is 1.24 bits per heavy atom. The van der Waals surface area contributed by atoms with Crippen LogP contribution in [0.2, 0.25) is 10.0 Å². The molecule has 1 atom stereocenters. The van der Waals surface area contributed by atoms with Crippen molar-refractivity contribution in [1.29, 1.82) is 0 Å². The predicted octanol–water partition coefficient (Wildman–Crippen LogP) is 3.57. The lowest BCUT2D eigenvalue weighted by atomic mass is 9.95. The molecule has 21 heavy (non-hydrogen) atoms. The van der Waals surface area contributed by atoms with Gasteiger partial charge in [-0.15, -0.1) is 0 Å². The molecule has 0 aliphatic heterocycles. The van der Waals surface area contributed by atoms with Gasteiger partial charge in [0.05, 0.1) is 28.9 Å². The standard InChI is InChI=1S/C15H17Cl2N3O/c1-8-4-9(2)13(12(5-8)21-3)15(20-18)14-11(17)6-10(16)7-19-14/h4-7,15,20H,18H2,1-3H3. The minimum Gasteiger partial charge on any atom is -0.496 e. The van der Waals surface area contributed by atoms with Crippen molar-refractivity contribution < 1.29 is 4.74 Å². The first-order valence-corrected chi connectivity index (χ1v) is 7.15. The molecule has 1 heterocycles. The maximum atomic E-state index is 6.25. The van der Waals surface area contributed by atoms with Crippen molar-refractivity contribution >= 4 is 23.2 Å². The molecule has 0 saturated heterocycles. The van der Waals surface area contributed by atoms with Crippen LogP contribution in [0, 0.1) is 13.8 Å². The maximum Gasteiger partial charge on any atom is 0.124 e. The molecule has 4 nitrogen and oxygen atoms in total. The average Bonchev–Trinajstić information content (AvgIpc) is 2.42. The number of hydrazine groups is 1. The number of hydrogen-bond acceptors (Lipinski definition) is 4. The van der Waals surface area contributed by atoms with Gasteiger partial charge in [-0.3, -0.25) is 10.8 Å².